The molecule has 0 radical (unpaired) electrons. The number of thioether (sulfide) groups is 1. The fraction of sp³-hybridized carbons (Fsp3) is 0.0833. The number of rotatable bonds is 8. The molecule has 3 heterocycles. The van der Waals surface area contributed by atoms with Gasteiger partial charge in [-0.05, 0) is 35.9 Å². The molecule has 0 saturated heterocycles. The molecule has 0 atom stereocenters. The number of benzene rings is 2. The average Bonchev–Trinajstić information content (AvgIpc) is 3.48. The van der Waals surface area contributed by atoms with Crippen LogP contribution in [0.5, 0.6) is 5.75 Å². The Kier molecular flexibility index (Phi) is 6.32. The van der Waals surface area contributed by atoms with Crippen LogP contribution >= 0.6 is 23.1 Å². The number of carbonyl (C=O) groups excluding carboxylic acids is 1. The van der Waals surface area contributed by atoms with Gasteiger partial charge in [0.2, 0.25) is 5.13 Å². The van der Waals surface area contributed by atoms with Crippen molar-refractivity contribution in [2.75, 3.05) is 5.32 Å². The molecule has 1 amide bonds. The van der Waals surface area contributed by atoms with E-state index >= 15 is 0 Å². The quantitative estimate of drug-likeness (QED) is 0.243. The zero-order valence-electron chi connectivity index (χ0n) is 17.4. The maximum absolute atomic E-state index is 12.7. The minimum Gasteiger partial charge on any atom is -0.487 e. The lowest BCUT2D eigenvalue weighted by atomic mass is 10.2. The molecule has 0 aliphatic rings. The van der Waals surface area contributed by atoms with Crippen molar-refractivity contribution < 1.29 is 9.53 Å². The number of anilines is 1. The number of nitrogens with zero attached hydrogens (tertiary/aromatic N) is 4. The van der Waals surface area contributed by atoms with Gasteiger partial charge in [-0.1, -0.05) is 65.6 Å². The molecule has 0 unspecified atom stereocenters. The number of carbonyl (C=O) groups is 1. The molecule has 0 aliphatic heterocycles. The molecule has 33 heavy (non-hydrogen) atoms. The van der Waals surface area contributed by atoms with Crippen LogP contribution in [0.1, 0.15) is 21.6 Å². The lowest BCUT2D eigenvalue weighted by molar-refractivity contribution is 0.102. The topological polar surface area (TPSA) is 81.4 Å². The van der Waals surface area contributed by atoms with Gasteiger partial charge in [0.25, 0.3) is 5.91 Å². The molecule has 9 heteroatoms. The largest absolute Gasteiger partial charge is 0.487 e. The highest BCUT2D eigenvalue weighted by atomic mass is 32.2. The van der Waals surface area contributed by atoms with Crippen LogP contribution in [0.4, 0.5) is 5.13 Å². The predicted molar refractivity (Wildman–Crippen MR) is 130 cm³/mol. The third-order valence-electron chi connectivity index (χ3n) is 4.73. The molecule has 2 aromatic carbocycles. The lowest BCUT2D eigenvalue weighted by Crippen LogP contribution is -2.11. The number of amides is 1. The summed E-state index contributed by atoms with van der Waals surface area (Å²) >= 11 is 2.95. The molecule has 0 fully saturated rings. The highest BCUT2D eigenvalue weighted by Gasteiger charge is 2.12. The molecule has 1 N–H and O–H groups in total. The molecule has 5 rings (SSSR count). The summed E-state index contributed by atoms with van der Waals surface area (Å²) in [6.45, 7) is 0.311. The van der Waals surface area contributed by atoms with Crippen LogP contribution < -0.4 is 10.1 Å². The molecule has 0 aliphatic carbocycles. The summed E-state index contributed by atoms with van der Waals surface area (Å²) < 4.78 is 8.60. The van der Waals surface area contributed by atoms with Gasteiger partial charge in [-0.25, -0.2) is 4.98 Å². The van der Waals surface area contributed by atoms with Crippen molar-refractivity contribution >= 4 is 39.8 Å². The van der Waals surface area contributed by atoms with Crippen LogP contribution in [0.3, 0.4) is 0 Å². The van der Waals surface area contributed by atoms with E-state index in [0.29, 0.717) is 23.1 Å². The van der Waals surface area contributed by atoms with Gasteiger partial charge in [0.15, 0.2) is 4.34 Å². The molecule has 3 aromatic heterocycles. The Bertz CT molecular complexity index is 1350. The number of nitrogens with one attached hydrogen (secondary N) is 1. The summed E-state index contributed by atoms with van der Waals surface area (Å²) in [7, 11) is 0. The second kappa shape index (κ2) is 9.85. The van der Waals surface area contributed by atoms with E-state index in [1.807, 2.05) is 59.3 Å². The van der Waals surface area contributed by atoms with Crippen molar-refractivity contribution in [1.29, 1.82) is 0 Å². The van der Waals surface area contributed by atoms with E-state index in [1.165, 1.54) is 16.9 Å². The van der Waals surface area contributed by atoms with E-state index in [2.05, 4.69) is 32.6 Å². The Balaban J connectivity index is 1.18. The molecule has 164 valence electrons. The first-order valence-electron chi connectivity index (χ1n) is 10.2. The third-order valence-corrected chi connectivity index (χ3v) is 6.77. The fourth-order valence-corrected chi connectivity index (χ4v) is 4.85. The number of imidazole rings is 1. The number of pyridine rings is 1. The predicted octanol–water partition coefficient (Wildman–Crippen LogP) is 5.31. The molecule has 7 nitrogen and oxygen atoms in total. The van der Waals surface area contributed by atoms with Gasteiger partial charge < -0.3 is 9.14 Å². The smallest absolute Gasteiger partial charge is 0.257 e. The molecule has 0 saturated carbocycles. The summed E-state index contributed by atoms with van der Waals surface area (Å²) in [6, 6.07) is 23.0. The highest BCUT2D eigenvalue weighted by Crippen LogP contribution is 2.28. The summed E-state index contributed by atoms with van der Waals surface area (Å²) in [4.78, 5) is 17.2. The molecular formula is C24H19N5O2S2. The van der Waals surface area contributed by atoms with E-state index in [0.717, 1.165) is 21.4 Å². The Morgan fingerprint density at radius 3 is 2.79 bits per heavy atom. The SMILES string of the molecule is O=C(Nc1nnc(SCc2ccccc2)s1)c1cccc(OCc2cn3ccccc3n2)c1. The fourth-order valence-electron chi connectivity index (χ4n) is 3.15. The zero-order chi connectivity index (χ0) is 22.5. The van der Waals surface area contributed by atoms with Crippen LogP contribution in [-0.4, -0.2) is 25.5 Å². The van der Waals surface area contributed by atoms with Gasteiger partial charge in [-0.15, -0.1) is 10.2 Å². The Labute approximate surface area is 198 Å². The molecule has 5 aromatic rings. The minimum atomic E-state index is -0.260. The number of fused-ring (bicyclic) bond motifs is 1. The van der Waals surface area contributed by atoms with Crippen LogP contribution in [-0.2, 0) is 12.4 Å². The van der Waals surface area contributed by atoms with Gasteiger partial charge in [0.1, 0.15) is 18.0 Å². The Morgan fingerprint density at radius 1 is 1.03 bits per heavy atom. The van der Waals surface area contributed by atoms with E-state index in [-0.39, 0.29) is 5.91 Å². The second-order valence-electron chi connectivity index (χ2n) is 7.12. The number of ether oxygens (including phenoxy) is 1. The average molecular weight is 474 g/mol. The first-order valence-corrected chi connectivity index (χ1v) is 12.0. The maximum Gasteiger partial charge on any atom is 0.257 e. The van der Waals surface area contributed by atoms with Gasteiger partial charge in [-0.3, -0.25) is 10.1 Å². The normalized spacial score (nSPS) is 10.9. The Hall–Kier alpha value is -3.69. The third kappa shape index (κ3) is 5.39. The van der Waals surface area contributed by atoms with E-state index in [9.17, 15) is 4.79 Å². The zero-order valence-corrected chi connectivity index (χ0v) is 19.1. The number of hydrogen-bond acceptors (Lipinski definition) is 7. The summed E-state index contributed by atoms with van der Waals surface area (Å²) in [5.74, 6) is 1.13. The second-order valence-corrected chi connectivity index (χ2v) is 9.32. The summed E-state index contributed by atoms with van der Waals surface area (Å²) in [6.07, 6.45) is 3.87. The van der Waals surface area contributed by atoms with Crippen LogP contribution in [0.15, 0.2) is 89.5 Å². The van der Waals surface area contributed by atoms with E-state index < -0.39 is 0 Å². The van der Waals surface area contributed by atoms with Gasteiger partial charge >= 0.3 is 0 Å². The van der Waals surface area contributed by atoms with Gasteiger partial charge in [-0.2, -0.15) is 0 Å². The summed E-state index contributed by atoms with van der Waals surface area (Å²) in [5.41, 5.74) is 3.37. The minimum absolute atomic E-state index is 0.260. The van der Waals surface area contributed by atoms with Gasteiger partial charge in [0.05, 0.1) is 5.69 Å². The monoisotopic (exact) mass is 473 g/mol. The van der Waals surface area contributed by atoms with Crippen LogP contribution in [0.25, 0.3) is 5.65 Å². The Morgan fingerprint density at radius 2 is 1.91 bits per heavy atom. The van der Waals surface area contributed by atoms with E-state index in [4.69, 9.17) is 4.74 Å². The van der Waals surface area contributed by atoms with Crippen molar-refractivity contribution in [1.82, 2.24) is 19.6 Å². The first-order chi connectivity index (χ1) is 16.2. The number of aromatic nitrogens is 4. The standard InChI is InChI=1S/C24H19N5O2S2/c30-22(26-23-27-28-24(33-23)32-16-17-7-2-1-3-8-17)18-9-6-10-20(13-18)31-15-19-14-29-12-5-4-11-21(29)25-19/h1-14H,15-16H2,(H,26,27,30). The van der Waals surface area contributed by atoms with Crippen molar-refractivity contribution in [3.05, 3.63) is 102 Å². The lowest BCUT2D eigenvalue weighted by Gasteiger charge is -2.06. The highest BCUT2D eigenvalue weighted by molar-refractivity contribution is 8.00. The molecule has 0 spiro atoms. The summed E-state index contributed by atoms with van der Waals surface area (Å²) in [5, 5.41) is 11.5. The molecular weight excluding hydrogens is 454 g/mol. The van der Waals surface area contributed by atoms with Crippen LogP contribution in [0, 0.1) is 0 Å². The number of hydrogen-bond donors (Lipinski definition) is 1. The maximum atomic E-state index is 12.7. The van der Waals surface area contributed by atoms with Crippen molar-refractivity contribution in [3.8, 4) is 5.75 Å². The van der Waals surface area contributed by atoms with Gasteiger partial charge in [0, 0.05) is 23.7 Å². The molecule has 0 bridgehead atoms. The van der Waals surface area contributed by atoms with Crippen molar-refractivity contribution in [2.45, 2.75) is 16.7 Å². The van der Waals surface area contributed by atoms with Crippen molar-refractivity contribution in [2.24, 2.45) is 0 Å². The van der Waals surface area contributed by atoms with Crippen LogP contribution in [0.2, 0.25) is 0 Å². The first kappa shape index (κ1) is 21.2. The van der Waals surface area contributed by atoms with E-state index in [1.54, 1.807) is 30.0 Å². The van der Waals surface area contributed by atoms with Crippen molar-refractivity contribution in [3.63, 3.8) is 0 Å².